The number of fused-ring (bicyclic) bond motifs is 1. The summed E-state index contributed by atoms with van der Waals surface area (Å²) in [5.74, 6) is 2.33. The highest BCUT2D eigenvalue weighted by atomic mass is 32.2. The van der Waals surface area contributed by atoms with E-state index in [0.29, 0.717) is 30.8 Å². The standard InChI is InChI=1S/C15H25N3O3S/c1-4-22(19,20)18-9-12-6-5-7-15(12,10-18)14-16-13(21-17-14)8-11(2)3/h11-12H,4-10H2,1-3H3/t12-,15-/m1/s1. The first-order valence-corrected chi connectivity index (χ1v) is 9.79. The minimum atomic E-state index is -3.15. The fourth-order valence-corrected chi connectivity index (χ4v) is 5.09. The minimum absolute atomic E-state index is 0.153. The van der Waals surface area contributed by atoms with Crippen LogP contribution in [0.3, 0.4) is 0 Å². The lowest BCUT2D eigenvalue weighted by atomic mass is 9.80. The smallest absolute Gasteiger partial charge is 0.226 e. The van der Waals surface area contributed by atoms with Gasteiger partial charge in [0.25, 0.3) is 0 Å². The van der Waals surface area contributed by atoms with E-state index in [4.69, 9.17) is 4.52 Å². The second kappa shape index (κ2) is 5.60. The fraction of sp³-hybridized carbons (Fsp3) is 0.867. The van der Waals surface area contributed by atoms with Gasteiger partial charge in [-0.1, -0.05) is 25.4 Å². The first-order valence-electron chi connectivity index (χ1n) is 8.18. The van der Waals surface area contributed by atoms with E-state index in [2.05, 4.69) is 24.0 Å². The van der Waals surface area contributed by atoms with E-state index in [1.807, 2.05) is 0 Å². The quantitative estimate of drug-likeness (QED) is 0.826. The van der Waals surface area contributed by atoms with Crippen molar-refractivity contribution in [2.75, 3.05) is 18.8 Å². The molecule has 0 spiro atoms. The van der Waals surface area contributed by atoms with Crippen LogP contribution in [0.25, 0.3) is 0 Å². The Kier molecular flexibility index (Phi) is 4.05. The maximum absolute atomic E-state index is 12.2. The van der Waals surface area contributed by atoms with Gasteiger partial charge >= 0.3 is 0 Å². The van der Waals surface area contributed by atoms with E-state index < -0.39 is 10.0 Å². The Labute approximate surface area is 132 Å². The first kappa shape index (κ1) is 15.9. The molecule has 1 aromatic rings. The molecular weight excluding hydrogens is 302 g/mol. The summed E-state index contributed by atoms with van der Waals surface area (Å²) < 4.78 is 31.5. The molecule has 0 aromatic carbocycles. The number of aromatic nitrogens is 2. The van der Waals surface area contributed by atoms with Gasteiger partial charge < -0.3 is 4.52 Å². The molecule has 1 aliphatic carbocycles. The predicted molar refractivity (Wildman–Crippen MR) is 82.9 cm³/mol. The van der Waals surface area contributed by atoms with Gasteiger partial charge in [0.15, 0.2) is 5.82 Å². The molecule has 1 aromatic heterocycles. The van der Waals surface area contributed by atoms with Crippen molar-refractivity contribution in [2.45, 2.75) is 51.9 Å². The van der Waals surface area contributed by atoms with E-state index in [-0.39, 0.29) is 11.2 Å². The number of hydrogen-bond acceptors (Lipinski definition) is 5. The summed E-state index contributed by atoms with van der Waals surface area (Å²) in [6.45, 7) is 7.04. The summed E-state index contributed by atoms with van der Waals surface area (Å²) in [4.78, 5) is 4.61. The molecule has 1 saturated heterocycles. The molecule has 0 amide bonds. The molecule has 22 heavy (non-hydrogen) atoms. The third-order valence-electron chi connectivity index (χ3n) is 5.09. The van der Waals surface area contributed by atoms with Gasteiger partial charge in [-0.15, -0.1) is 0 Å². The second-order valence-corrected chi connectivity index (χ2v) is 9.31. The SMILES string of the molecule is CCS(=O)(=O)N1C[C@H]2CCC[C@@]2(c2noc(CC(C)C)n2)C1. The van der Waals surface area contributed by atoms with Crippen LogP contribution in [0.2, 0.25) is 0 Å². The maximum atomic E-state index is 12.2. The van der Waals surface area contributed by atoms with Crippen LogP contribution in [-0.2, 0) is 21.9 Å². The molecule has 7 heteroatoms. The second-order valence-electron chi connectivity index (χ2n) is 7.05. The van der Waals surface area contributed by atoms with Crippen LogP contribution in [0.15, 0.2) is 4.52 Å². The maximum Gasteiger partial charge on any atom is 0.226 e. The fourth-order valence-electron chi connectivity index (χ4n) is 3.89. The van der Waals surface area contributed by atoms with Gasteiger partial charge in [0.05, 0.1) is 11.2 Å². The summed E-state index contributed by atoms with van der Waals surface area (Å²) in [6.07, 6.45) is 3.88. The van der Waals surface area contributed by atoms with Gasteiger partial charge in [-0.05, 0) is 31.6 Å². The summed E-state index contributed by atoms with van der Waals surface area (Å²) in [5.41, 5.74) is -0.235. The van der Waals surface area contributed by atoms with E-state index >= 15 is 0 Å². The molecule has 6 nitrogen and oxygen atoms in total. The van der Waals surface area contributed by atoms with Crippen LogP contribution < -0.4 is 0 Å². The molecule has 2 heterocycles. The summed E-state index contributed by atoms with van der Waals surface area (Å²) in [6, 6.07) is 0. The average molecular weight is 327 g/mol. The zero-order chi connectivity index (χ0) is 16.0. The van der Waals surface area contributed by atoms with Crippen molar-refractivity contribution in [1.29, 1.82) is 0 Å². The summed E-state index contributed by atoms with van der Waals surface area (Å²) in [7, 11) is -3.15. The van der Waals surface area contributed by atoms with E-state index in [1.165, 1.54) is 0 Å². The van der Waals surface area contributed by atoms with Crippen LogP contribution in [-0.4, -0.2) is 41.7 Å². The lowest BCUT2D eigenvalue weighted by Crippen LogP contribution is -2.36. The van der Waals surface area contributed by atoms with E-state index in [0.717, 1.165) is 31.5 Å². The third kappa shape index (κ3) is 2.58. The van der Waals surface area contributed by atoms with Crippen molar-refractivity contribution < 1.29 is 12.9 Å². The Morgan fingerprint density at radius 3 is 2.91 bits per heavy atom. The van der Waals surface area contributed by atoms with E-state index in [1.54, 1.807) is 11.2 Å². The minimum Gasteiger partial charge on any atom is -0.339 e. The topological polar surface area (TPSA) is 76.3 Å². The molecule has 2 atom stereocenters. The molecular formula is C15H25N3O3S. The monoisotopic (exact) mass is 327 g/mol. The van der Waals surface area contributed by atoms with Gasteiger partial charge in [-0.2, -0.15) is 4.98 Å². The average Bonchev–Trinajstić information content (AvgIpc) is 3.10. The highest BCUT2D eigenvalue weighted by Crippen LogP contribution is 2.50. The Morgan fingerprint density at radius 2 is 2.23 bits per heavy atom. The zero-order valence-corrected chi connectivity index (χ0v) is 14.4. The molecule has 2 aliphatic rings. The molecule has 1 aliphatic heterocycles. The normalized spacial score (nSPS) is 29.4. The molecule has 0 radical (unpaired) electrons. The number of hydrogen-bond donors (Lipinski definition) is 0. The van der Waals surface area contributed by atoms with Crippen molar-refractivity contribution >= 4 is 10.0 Å². The molecule has 0 N–H and O–H groups in total. The first-order chi connectivity index (χ1) is 10.4. The molecule has 0 unspecified atom stereocenters. The zero-order valence-electron chi connectivity index (χ0n) is 13.6. The molecule has 1 saturated carbocycles. The largest absolute Gasteiger partial charge is 0.339 e. The lowest BCUT2D eigenvalue weighted by Gasteiger charge is -2.24. The number of sulfonamides is 1. The Morgan fingerprint density at radius 1 is 1.45 bits per heavy atom. The van der Waals surface area contributed by atoms with Crippen molar-refractivity contribution in [3.63, 3.8) is 0 Å². The molecule has 3 rings (SSSR count). The number of nitrogens with zero attached hydrogens (tertiary/aromatic N) is 3. The van der Waals surface area contributed by atoms with Gasteiger partial charge in [0.1, 0.15) is 0 Å². The molecule has 2 fully saturated rings. The molecule has 124 valence electrons. The highest BCUT2D eigenvalue weighted by molar-refractivity contribution is 7.89. The van der Waals surface area contributed by atoms with Crippen LogP contribution in [0.4, 0.5) is 0 Å². The van der Waals surface area contributed by atoms with Gasteiger partial charge in [0.2, 0.25) is 15.9 Å². The van der Waals surface area contributed by atoms with Crippen LogP contribution in [0.5, 0.6) is 0 Å². The van der Waals surface area contributed by atoms with Crippen LogP contribution >= 0.6 is 0 Å². The van der Waals surface area contributed by atoms with Crippen LogP contribution in [0, 0.1) is 11.8 Å². The van der Waals surface area contributed by atoms with Gasteiger partial charge in [-0.3, -0.25) is 0 Å². The van der Waals surface area contributed by atoms with Crippen LogP contribution in [0.1, 0.15) is 51.7 Å². The van der Waals surface area contributed by atoms with E-state index in [9.17, 15) is 8.42 Å². The Balaban J connectivity index is 1.89. The lowest BCUT2D eigenvalue weighted by molar-refractivity contribution is 0.324. The Bertz CT molecular complexity index is 640. The highest BCUT2D eigenvalue weighted by Gasteiger charge is 2.55. The van der Waals surface area contributed by atoms with Crippen molar-refractivity contribution in [2.24, 2.45) is 11.8 Å². The summed E-state index contributed by atoms with van der Waals surface area (Å²) in [5, 5.41) is 4.22. The van der Waals surface area contributed by atoms with Crippen molar-refractivity contribution in [1.82, 2.24) is 14.4 Å². The summed E-state index contributed by atoms with van der Waals surface area (Å²) >= 11 is 0. The van der Waals surface area contributed by atoms with Crippen molar-refractivity contribution in [3.8, 4) is 0 Å². The van der Waals surface area contributed by atoms with Gasteiger partial charge in [0, 0.05) is 19.5 Å². The Hall–Kier alpha value is -0.950. The van der Waals surface area contributed by atoms with Crippen molar-refractivity contribution in [3.05, 3.63) is 11.7 Å². The number of rotatable bonds is 5. The molecule has 0 bridgehead atoms. The third-order valence-corrected chi connectivity index (χ3v) is 6.89. The predicted octanol–water partition coefficient (Wildman–Crippen LogP) is 1.97. The van der Waals surface area contributed by atoms with Gasteiger partial charge in [-0.25, -0.2) is 12.7 Å².